The lowest BCUT2D eigenvalue weighted by molar-refractivity contribution is 0.265. The summed E-state index contributed by atoms with van der Waals surface area (Å²) >= 11 is 0. The van der Waals surface area contributed by atoms with E-state index in [9.17, 15) is 4.39 Å². The number of nitrogens with zero attached hydrogens (tertiary/aromatic N) is 1. The summed E-state index contributed by atoms with van der Waals surface area (Å²) in [6, 6.07) is 5.42. The Morgan fingerprint density at radius 2 is 2.24 bits per heavy atom. The maximum Gasteiger partial charge on any atom is 0.128 e. The first-order valence-corrected chi connectivity index (χ1v) is 5.98. The van der Waals surface area contributed by atoms with Crippen LogP contribution in [0.15, 0.2) is 18.2 Å². The molecular formula is C13H18FN3. The number of amidine groups is 1. The molecule has 0 aromatic heterocycles. The number of hydrogen-bond donors (Lipinski definition) is 2. The van der Waals surface area contributed by atoms with Crippen LogP contribution in [0.2, 0.25) is 0 Å². The number of nitrogens with two attached hydrogens (primary N) is 1. The molecule has 0 aliphatic heterocycles. The molecular weight excluding hydrogens is 217 g/mol. The van der Waals surface area contributed by atoms with Crippen molar-refractivity contribution in [3.63, 3.8) is 0 Å². The smallest absolute Gasteiger partial charge is 0.128 e. The predicted octanol–water partition coefficient (Wildman–Crippen LogP) is 2.09. The molecule has 2 rings (SSSR count). The van der Waals surface area contributed by atoms with Crippen molar-refractivity contribution < 1.29 is 4.39 Å². The SMILES string of the molecule is CCN(Cc1ccc(C(=N)N)cc1F)C1CC1. The average Bonchev–Trinajstić information content (AvgIpc) is 3.11. The standard InChI is InChI=1S/C13H18FN3/c1-2-17(11-5-6-11)8-10-4-3-9(13(15)16)7-12(10)14/h3-4,7,11H,2,5-6,8H2,1H3,(H3,15,16). The lowest BCUT2D eigenvalue weighted by Gasteiger charge is -2.20. The van der Waals surface area contributed by atoms with E-state index in [1.54, 1.807) is 12.1 Å². The Morgan fingerprint density at radius 1 is 1.53 bits per heavy atom. The maximum absolute atomic E-state index is 13.8. The number of nitrogens with one attached hydrogen (secondary N) is 1. The van der Waals surface area contributed by atoms with E-state index in [1.807, 2.05) is 0 Å². The van der Waals surface area contributed by atoms with E-state index in [0.717, 1.165) is 6.54 Å². The highest BCUT2D eigenvalue weighted by molar-refractivity contribution is 5.94. The molecule has 3 nitrogen and oxygen atoms in total. The van der Waals surface area contributed by atoms with Gasteiger partial charge in [0.15, 0.2) is 0 Å². The van der Waals surface area contributed by atoms with Gasteiger partial charge in [-0.2, -0.15) is 0 Å². The first-order chi connectivity index (χ1) is 8.11. The van der Waals surface area contributed by atoms with Crippen molar-refractivity contribution in [2.24, 2.45) is 5.73 Å². The highest BCUT2D eigenvalue weighted by Crippen LogP contribution is 2.28. The quantitative estimate of drug-likeness (QED) is 0.606. The van der Waals surface area contributed by atoms with E-state index < -0.39 is 0 Å². The summed E-state index contributed by atoms with van der Waals surface area (Å²) in [6.07, 6.45) is 2.45. The van der Waals surface area contributed by atoms with Gasteiger partial charge >= 0.3 is 0 Å². The molecule has 1 aromatic rings. The molecule has 0 saturated heterocycles. The fourth-order valence-corrected chi connectivity index (χ4v) is 2.00. The van der Waals surface area contributed by atoms with Crippen molar-refractivity contribution in [3.8, 4) is 0 Å². The third-order valence-corrected chi connectivity index (χ3v) is 3.21. The number of benzene rings is 1. The monoisotopic (exact) mass is 235 g/mol. The maximum atomic E-state index is 13.8. The molecule has 0 amide bonds. The van der Waals surface area contributed by atoms with Crippen LogP contribution in [-0.4, -0.2) is 23.3 Å². The van der Waals surface area contributed by atoms with Crippen molar-refractivity contribution in [2.45, 2.75) is 32.4 Å². The van der Waals surface area contributed by atoms with Gasteiger partial charge in [-0.1, -0.05) is 19.1 Å². The molecule has 0 unspecified atom stereocenters. The fraction of sp³-hybridized carbons (Fsp3) is 0.462. The van der Waals surface area contributed by atoms with Crippen LogP contribution in [0.1, 0.15) is 30.9 Å². The van der Waals surface area contributed by atoms with E-state index in [0.29, 0.717) is 23.7 Å². The zero-order valence-corrected chi connectivity index (χ0v) is 10.0. The molecule has 92 valence electrons. The summed E-state index contributed by atoms with van der Waals surface area (Å²) in [6.45, 7) is 3.68. The highest BCUT2D eigenvalue weighted by atomic mass is 19.1. The van der Waals surface area contributed by atoms with Crippen molar-refractivity contribution in [3.05, 3.63) is 35.1 Å². The lowest BCUT2D eigenvalue weighted by Crippen LogP contribution is -2.25. The summed E-state index contributed by atoms with van der Waals surface area (Å²) in [5.41, 5.74) is 6.45. The second kappa shape index (κ2) is 4.84. The van der Waals surface area contributed by atoms with Gasteiger partial charge in [0.2, 0.25) is 0 Å². The van der Waals surface area contributed by atoms with Crippen LogP contribution in [0, 0.1) is 11.2 Å². The highest BCUT2D eigenvalue weighted by Gasteiger charge is 2.28. The summed E-state index contributed by atoms with van der Waals surface area (Å²) in [5, 5.41) is 7.26. The summed E-state index contributed by atoms with van der Waals surface area (Å²) in [5.74, 6) is -0.359. The number of nitrogen functional groups attached to an aromatic ring is 1. The molecule has 1 aliphatic rings. The number of halogens is 1. The Kier molecular flexibility index (Phi) is 3.43. The van der Waals surface area contributed by atoms with Gasteiger partial charge in [-0.3, -0.25) is 10.3 Å². The summed E-state index contributed by atoms with van der Waals surface area (Å²) in [4.78, 5) is 2.28. The Labute approximate surface area is 101 Å². The predicted molar refractivity (Wildman–Crippen MR) is 66.5 cm³/mol. The average molecular weight is 235 g/mol. The van der Waals surface area contributed by atoms with Crippen molar-refractivity contribution >= 4 is 5.84 Å². The molecule has 0 spiro atoms. The normalized spacial score (nSPS) is 15.2. The Bertz CT molecular complexity index is 427. The summed E-state index contributed by atoms with van der Waals surface area (Å²) < 4.78 is 13.8. The molecule has 0 radical (unpaired) electrons. The van der Waals surface area contributed by atoms with Gasteiger partial charge in [-0.15, -0.1) is 0 Å². The van der Waals surface area contributed by atoms with Crippen molar-refractivity contribution in [2.75, 3.05) is 6.54 Å². The zero-order chi connectivity index (χ0) is 12.4. The zero-order valence-electron chi connectivity index (χ0n) is 10.0. The van der Waals surface area contributed by atoms with Crippen molar-refractivity contribution in [1.82, 2.24) is 4.90 Å². The van der Waals surface area contributed by atoms with Gasteiger partial charge in [0.1, 0.15) is 11.7 Å². The lowest BCUT2D eigenvalue weighted by atomic mass is 10.1. The second-order valence-corrected chi connectivity index (χ2v) is 4.51. The van der Waals surface area contributed by atoms with Gasteiger partial charge < -0.3 is 5.73 Å². The minimum absolute atomic E-state index is 0.0926. The van der Waals surface area contributed by atoms with Crippen LogP contribution < -0.4 is 5.73 Å². The number of hydrogen-bond acceptors (Lipinski definition) is 2. The van der Waals surface area contributed by atoms with E-state index >= 15 is 0 Å². The molecule has 17 heavy (non-hydrogen) atoms. The van der Waals surface area contributed by atoms with Crippen LogP contribution in [0.25, 0.3) is 0 Å². The van der Waals surface area contributed by atoms with Gasteiger partial charge in [0, 0.05) is 23.7 Å². The second-order valence-electron chi connectivity index (χ2n) is 4.51. The van der Waals surface area contributed by atoms with E-state index in [4.69, 9.17) is 11.1 Å². The van der Waals surface area contributed by atoms with Crippen LogP contribution in [0.5, 0.6) is 0 Å². The van der Waals surface area contributed by atoms with Crippen LogP contribution in [0.3, 0.4) is 0 Å². The molecule has 4 heteroatoms. The van der Waals surface area contributed by atoms with Gasteiger partial charge in [0.25, 0.3) is 0 Å². The first kappa shape index (κ1) is 12.0. The molecule has 0 bridgehead atoms. The number of rotatable bonds is 5. The third-order valence-electron chi connectivity index (χ3n) is 3.21. The minimum Gasteiger partial charge on any atom is -0.384 e. The largest absolute Gasteiger partial charge is 0.384 e. The fourth-order valence-electron chi connectivity index (χ4n) is 2.00. The van der Waals surface area contributed by atoms with Crippen LogP contribution in [0.4, 0.5) is 4.39 Å². The molecule has 1 aliphatic carbocycles. The summed E-state index contributed by atoms with van der Waals surface area (Å²) in [7, 11) is 0. The topological polar surface area (TPSA) is 53.1 Å². The molecule has 0 heterocycles. The minimum atomic E-state index is -0.267. The van der Waals surface area contributed by atoms with Crippen LogP contribution in [-0.2, 0) is 6.54 Å². The molecule has 0 atom stereocenters. The Hall–Kier alpha value is -1.42. The third kappa shape index (κ3) is 2.82. The first-order valence-electron chi connectivity index (χ1n) is 5.98. The van der Waals surface area contributed by atoms with Gasteiger partial charge in [-0.05, 0) is 25.5 Å². The van der Waals surface area contributed by atoms with Crippen molar-refractivity contribution in [1.29, 1.82) is 5.41 Å². The van der Waals surface area contributed by atoms with Crippen LogP contribution >= 0.6 is 0 Å². The van der Waals surface area contributed by atoms with E-state index in [-0.39, 0.29) is 11.7 Å². The Balaban J connectivity index is 2.12. The molecule has 3 N–H and O–H groups in total. The van der Waals surface area contributed by atoms with E-state index in [2.05, 4.69) is 11.8 Å². The molecule has 1 aromatic carbocycles. The Morgan fingerprint density at radius 3 is 2.71 bits per heavy atom. The van der Waals surface area contributed by atoms with Gasteiger partial charge in [-0.25, -0.2) is 4.39 Å². The van der Waals surface area contributed by atoms with Gasteiger partial charge in [0.05, 0.1) is 0 Å². The van der Waals surface area contributed by atoms with E-state index in [1.165, 1.54) is 18.9 Å². The molecule has 1 saturated carbocycles. The molecule has 1 fully saturated rings.